The van der Waals surface area contributed by atoms with Crippen LogP contribution in [0.5, 0.6) is 0 Å². The van der Waals surface area contributed by atoms with Crippen molar-refractivity contribution in [2.24, 2.45) is 21.5 Å². The summed E-state index contributed by atoms with van der Waals surface area (Å²) >= 11 is 0. The lowest BCUT2D eigenvalue weighted by molar-refractivity contribution is 0.585. The van der Waals surface area contributed by atoms with E-state index < -0.39 is 11.6 Å². The number of hydrogen-bond acceptors (Lipinski definition) is 3. The average Bonchev–Trinajstić information content (AvgIpc) is 3.10. The summed E-state index contributed by atoms with van der Waals surface area (Å²) < 4.78 is 26.7. The highest BCUT2D eigenvalue weighted by Gasteiger charge is 2.16. The number of aromatic amines is 1. The van der Waals surface area contributed by atoms with Gasteiger partial charge in [-0.25, -0.2) is 13.8 Å². The zero-order valence-electron chi connectivity index (χ0n) is 14.2. The number of aromatic nitrogens is 1. The van der Waals surface area contributed by atoms with E-state index in [1.807, 2.05) is 13.0 Å². The third-order valence-electron chi connectivity index (χ3n) is 3.83. The molecule has 0 saturated heterocycles. The Kier molecular flexibility index (Phi) is 6.37. The smallest absolute Gasteiger partial charge is 0.151 e. The molecule has 0 aliphatic rings. The number of allylic oxidation sites excluding steroid dienone is 1. The van der Waals surface area contributed by atoms with Crippen LogP contribution in [-0.2, 0) is 0 Å². The van der Waals surface area contributed by atoms with Crippen LogP contribution in [0.2, 0.25) is 0 Å². The van der Waals surface area contributed by atoms with E-state index in [9.17, 15) is 8.78 Å². The molecule has 0 aliphatic carbocycles. The van der Waals surface area contributed by atoms with E-state index in [0.717, 1.165) is 24.2 Å². The molecule has 6 nitrogen and oxygen atoms in total. The van der Waals surface area contributed by atoms with Crippen molar-refractivity contribution in [3.8, 4) is 0 Å². The second-order valence-corrected chi connectivity index (χ2v) is 5.45. The summed E-state index contributed by atoms with van der Waals surface area (Å²) in [5, 5.41) is 6.97. The van der Waals surface area contributed by atoms with E-state index in [1.165, 1.54) is 18.5 Å². The Labute approximate surface area is 149 Å². The molecule has 1 aromatic carbocycles. The Morgan fingerprint density at radius 2 is 2.08 bits per heavy atom. The molecule has 1 aromatic heterocycles. The Hall–Kier alpha value is -3.29. The highest BCUT2D eigenvalue weighted by Crippen LogP contribution is 2.27. The predicted octanol–water partition coefficient (Wildman–Crippen LogP) is 3.34. The van der Waals surface area contributed by atoms with Crippen molar-refractivity contribution in [2.45, 2.75) is 19.3 Å². The van der Waals surface area contributed by atoms with Crippen molar-refractivity contribution in [3.63, 3.8) is 0 Å². The van der Waals surface area contributed by atoms with Gasteiger partial charge in [0.05, 0.1) is 11.4 Å². The monoisotopic (exact) mass is 358 g/mol. The summed E-state index contributed by atoms with van der Waals surface area (Å²) in [7, 11) is 0. The fourth-order valence-electron chi connectivity index (χ4n) is 2.52. The highest BCUT2D eigenvalue weighted by molar-refractivity contribution is 5.99. The van der Waals surface area contributed by atoms with Crippen LogP contribution in [-0.4, -0.2) is 23.4 Å². The maximum atomic E-state index is 13.7. The van der Waals surface area contributed by atoms with Crippen LogP contribution in [0.3, 0.4) is 0 Å². The summed E-state index contributed by atoms with van der Waals surface area (Å²) in [6, 6.07) is 6.77. The SMILES string of the molecule is CCC(C(C=Nc1ccc(F)cc1F)=CN)c1ccc(C(N)=NC=N)[nH]1. The largest absolute Gasteiger partial charge is 0.404 e. The first-order chi connectivity index (χ1) is 12.5. The third kappa shape index (κ3) is 4.41. The van der Waals surface area contributed by atoms with E-state index >= 15 is 0 Å². The number of nitrogens with zero attached hydrogens (tertiary/aromatic N) is 2. The second-order valence-electron chi connectivity index (χ2n) is 5.45. The van der Waals surface area contributed by atoms with Gasteiger partial charge in [0.15, 0.2) is 5.82 Å². The molecule has 6 N–H and O–H groups in total. The van der Waals surface area contributed by atoms with Crippen LogP contribution in [0.15, 0.2) is 52.1 Å². The van der Waals surface area contributed by atoms with E-state index in [4.69, 9.17) is 16.9 Å². The normalized spacial score (nSPS) is 14.0. The molecule has 0 aliphatic heterocycles. The number of nitrogens with two attached hydrogens (primary N) is 2. The second kappa shape index (κ2) is 8.70. The first-order valence-electron chi connectivity index (χ1n) is 7.92. The molecular formula is C18H20F2N6. The van der Waals surface area contributed by atoms with Crippen LogP contribution in [0.1, 0.15) is 30.7 Å². The molecule has 0 bridgehead atoms. The molecular weight excluding hydrogens is 338 g/mol. The molecule has 1 unspecified atom stereocenters. The first kappa shape index (κ1) is 19.0. The standard InChI is InChI=1S/C18H20F2N6/c1-2-13(15-5-6-17(26-15)18(23)25-10-22)11(8-21)9-24-16-4-3-12(19)7-14(16)20/h3-10,13,26H,2,21H2,1H3,(H3,22,23,25). The van der Waals surface area contributed by atoms with Gasteiger partial charge in [-0.05, 0) is 42.5 Å². The average molecular weight is 358 g/mol. The molecule has 1 heterocycles. The summed E-state index contributed by atoms with van der Waals surface area (Å²) in [5.41, 5.74) is 13.6. The fraction of sp³-hybridized carbons (Fsp3) is 0.167. The Bertz CT molecular complexity index is 866. The maximum Gasteiger partial charge on any atom is 0.151 e. The Morgan fingerprint density at radius 1 is 1.31 bits per heavy atom. The lowest BCUT2D eigenvalue weighted by Crippen LogP contribution is -2.14. The number of nitrogens with one attached hydrogen (secondary N) is 2. The Balaban J connectivity index is 2.28. The summed E-state index contributed by atoms with van der Waals surface area (Å²) in [5.74, 6) is -1.34. The molecule has 1 atom stereocenters. The zero-order chi connectivity index (χ0) is 19.1. The van der Waals surface area contributed by atoms with Gasteiger partial charge in [0, 0.05) is 23.9 Å². The van der Waals surface area contributed by atoms with Gasteiger partial charge in [-0.3, -0.25) is 10.4 Å². The van der Waals surface area contributed by atoms with Crippen LogP contribution in [0.4, 0.5) is 14.5 Å². The van der Waals surface area contributed by atoms with E-state index in [-0.39, 0.29) is 17.4 Å². The first-order valence-corrected chi connectivity index (χ1v) is 7.92. The Morgan fingerprint density at radius 3 is 2.69 bits per heavy atom. The number of rotatable bonds is 7. The van der Waals surface area contributed by atoms with Gasteiger partial charge in [-0.2, -0.15) is 0 Å². The molecule has 0 fully saturated rings. The molecule has 0 saturated carbocycles. The van der Waals surface area contributed by atoms with Gasteiger partial charge < -0.3 is 16.5 Å². The molecule has 2 aromatic rings. The fourth-order valence-corrected chi connectivity index (χ4v) is 2.52. The zero-order valence-corrected chi connectivity index (χ0v) is 14.2. The summed E-state index contributed by atoms with van der Waals surface area (Å²) in [6.07, 6.45) is 4.42. The predicted molar refractivity (Wildman–Crippen MR) is 100 cm³/mol. The van der Waals surface area contributed by atoms with E-state index in [1.54, 1.807) is 6.07 Å². The number of benzene rings is 1. The molecule has 0 spiro atoms. The van der Waals surface area contributed by atoms with Crippen LogP contribution < -0.4 is 11.5 Å². The van der Waals surface area contributed by atoms with Crippen molar-refractivity contribution in [1.82, 2.24) is 4.98 Å². The van der Waals surface area contributed by atoms with Gasteiger partial charge >= 0.3 is 0 Å². The van der Waals surface area contributed by atoms with Gasteiger partial charge in [0.25, 0.3) is 0 Å². The van der Waals surface area contributed by atoms with Gasteiger partial charge in [0.1, 0.15) is 18.0 Å². The van der Waals surface area contributed by atoms with Crippen LogP contribution in [0, 0.1) is 17.0 Å². The topological polar surface area (TPSA) is 116 Å². The number of halogens is 2. The van der Waals surface area contributed by atoms with Crippen molar-refractivity contribution < 1.29 is 8.78 Å². The summed E-state index contributed by atoms with van der Waals surface area (Å²) in [4.78, 5) is 10.9. The number of hydrogen-bond donors (Lipinski definition) is 4. The minimum Gasteiger partial charge on any atom is -0.404 e. The van der Waals surface area contributed by atoms with Gasteiger partial charge in [0.2, 0.25) is 0 Å². The molecule has 0 radical (unpaired) electrons. The van der Waals surface area contributed by atoms with Gasteiger partial charge in [-0.15, -0.1) is 0 Å². The van der Waals surface area contributed by atoms with E-state index in [2.05, 4.69) is 15.0 Å². The lowest BCUT2D eigenvalue weighted by atomic mass is 9.94. The van der Waals surface area contributed by atoms with Crippen molar-refractivity contribution >= 4 is 24.1 Å². The third-order valence-corrected chi connectivity index (χ3v) is 3.83. The maximum absolute atomic E-state index is 13.7. The van der Waals surface area contributed by atoms with E-state index in [0.29, 0.717) is 17.7 Å². The molecule has 8 heteroatoms. The molecule has 136 valence electrons. The van der Waals surface area contributed by atoms with Gasteiger partial charge in [-0.1, -0.05) is 6.92 Å². The number of amidine groups is 1. The van der Waals surface area contributed by atoms with Crippen molar-refractivity contribution in [1.29, 1.82) is 5.41 Å². The van der Waals surface area contributed by atoms with Crippen LogP contribution in [0.25, 0.3) is 0 Å². The molecule has 0 amide bonds. The quantitative estimate of drug-likeness (QED) is 0.449. The minimum absolute atomic E-state index is 0.0233. The van der Waals surface area contributed by atoms with Crippen LogP contribution >= 0.6 is 0 Å². The molecule has 26 heavy (non-hydrogen) atoms. The minimum atomic E-state index is -0.747. The highest BCUT2D eigenvalue weighted by atomic mass is 19.1. The number of aliphatic imine (C=N–C) groups is 2. The lowest BCUT2D eigenvalue weighted by Gasteiger charge is -2.14. The number of H-pyrrole nitrogens is 1. The molecule has 2 rings (SSSR count). The van der Waals surface area contributed by atoms with Crippen molar-refractivity contribution in [2.75, 3.05) is 0 Å². The van der Waals surface area contributed by atoms with Crippen molar-refractivity contribution in [3.05, 3.63) is 65.1 Å². The summed E-state index contributed by atoms with van der Waals surface area (Å²) in [6.45, 7) is 1.97.